The minimum Gasteiger partial charge on any atom is -1.00 e. The minimum absolute atomic E-state index is 0. The van der Waals surface area contributed by atoms with Crippen LogP contribution >= 0.6 is 0 Å². The second-order valence-electron chi connectivity index (χ2n) is 19.6. The van der Waals surface area contributed by atoms with E-state index in [1.807, 2.05) is 0 Å². The fourth-order valence-corrected chi connectivity index (χ4v) is 11.7. The zero-order valence-corrected chi connectivity index (χ0v) is 41.5. The Kier molecular flexibility index (Phi) is 16.0. The third-order valence-electron chi connectivity index (χ3n) is 16.4. The van der Waals surface area contributed by atoms with E-state index in [0.717, 1.165) is 26.2 Å². The molecule has 0 amide bonds. The fraction of sp³-hybridized carbons (Fsp3) is 0.333. The van der Waals surface area contributed by atoms with Crippen molar-refractivity contribution in [2.45, 2.75) is 53.9 Å². The first kappa shape index (κ1) is 49.1. The Morgan fingerprint density at radius 3 is 0.636 bits per heavy atom. The second-order valence-corrected chi connectivity index (χ2v) is 19.6. The molecule has 10 rings (SSSR count). The predicted octanol–water partition coefficient (Wildman–Crippen LogP) is 6.77. The van der Waals surface area contributed by atoms with Crippen molar-refractivity contribution in [2.24, 2.45) is 0 Å². The van der Waals surface area contributed by atoms with E-state index >= 15 is 0 Å². The van der Waals surface area contributed by atoms with E-state index in [-0.39, 0.29) is 24.8 Å². The van der Waals surface area contributed by atoms with Crippen LogP contribution < -0.4 is 24.8 Å². The molecule has 66 heavy (non-hydrogen) atoms. The molecule has 2 heterocycles. The molecule has 0 saturated carbocycles. The van der Waals surface area contributed by atoms with Crippen LogP contribution in [0.3, 0.4) is 0 Å². The van der Waals surface area contributed by atoms with Gasteiger partial charge in [-0.3, -0.25) is 0 Å². The smallest absolute Gasteiger partial charge is 0.129 e. The quantitative estimate of drug-likeness (QED) is 0.119. The van der Waals surface area contributed by atoms with Crippen LogP contribution in [0.25, 0.3) is 43.1 Å². The van der Waals surface area contributed by atoms with Gasteiger partial charge < -0.3 is 42.7 Å². The maximum Gasteiger partial charge on any atom is 0.129 e. The number of hydrogen-bond acceptors (Lipinski definition) is 0. The van der Waals surface area contributed by atoms with E-state index in [1.165, 1.54) is 162 Å². The first-order chi connectivity index (χ1) is 31.3. The normalized spacial score (nSPS) is 22.8. The van der Waals surface area contributed by atoms with Gasteiger partial charge in [-0.2, -0.15) is 0 Å². The van der Waals surface area contributed by atoms with E-state index in [0.29, 0.717) is 0 Å². The van der Waals surface area contributed by atoms with Gasteiger partial charge in [0.1, 0.15) is 78.5 Å². The molecule has 0 spiro atoms. The summed E-state index contributed by atoms with van der Waals surface area (Å²) < 4.78 is 4.85. The lowest BCUT2D eigenvalue weighted by atomic mass is 10.0. The molecule has 0 radical (unpaired) electrons. The molecule has 2 saturated heterocycles. The van der Waals surface area contributed by atoms with Crippen molar-refractivity contribution in [3.63, 3.8) is 0 Å². The number of halogens is 2. The summed E-state index contributed by atoms with van der Waals surface area (Å²) in [6.45, 7) is 29.1. The molecule has 4 nitrogen and oxygen atoms in total. The van der Waals surface area contributed by atoms with E-state index in [1.54, 1.807) is 0 Å². The molecular weight excluding hydrogens is 848 g/mol. The average Bonchev–Trinajstić information content (AvgIpc) is 3.36. The summed E-state index contributed by atoms with van der Waals surface area (Å²) in [5.41, 5.74) is 6.04. The zero-order chi connectivity index (χ0) is 44.0. The van der Waals surface area contributed by atoms with Crippen molar-refractivity contribution in [1.29, 1.82) is 0 Å². The molecule has 2 aliphatic rings. The molecular formula is C60H72Cl2N4+2. The van der Waals surface area contributed by atoms with Crippen molar-refractivity contribution in [2.75, 3.05) is 78.5 Å². The van der Waals surface area contributed by atoms with E-state index in [4.69, 9.17) is 0 Å². The van der Waals surface area contributed by atoms with Gasteiger partial charge >= 0.3 is 0 Å². The highest BCUT2D eigenvalue weighted by Crippen LogP contribution is 2.32. The van der Waals surface area contributed by atoms with Gasteiger partial charge in [0.15, 0.2) is 0 Å². The van der Waals surface area contributed by atoms with Crippen LogP contribution in [0.5, 0.6) is 0 Å². The summed E-state index contributed by atoms with van der Waals surface area (Å²) in [7, 11) is 0. The van der Waals surface area contributed by atoms with Crippen molar-refractivity contribution >= 4 is 43.1 Å². The second kappa shape index (κ2) is 21.5. The number of fused-ring (bicyclic) bond motifs is 4. The highest BCUT2D eigenvalue weighted by Gasteiger charge is 2.42. The molecule has 0 unspecified atom stereocenters. The average molecular weight is 920 g/mol. The van der Waals surface area contributed by atoms with Crippen molar-refractivity contribution in [3.8, 4) is 0 Å². The number of hydrogen-bond donors (Lipinski definition) is 0. The Morgan fingerprint density at radius 1 is 0.258 bits per heavy atom. The minimum atomic E-state index is 0. The van der Waals surface area contributed by atoms with Crippen LogP contribution in [0.1, 0.15) is 49.9 Å². The van der Waals surface area contributed by atoms with Crippen molar-refractivity contribution < 1.29 is 42.7 Å². The van der Waals surface area contributed by atoms with Crippen molar-refractivity contribution in [3.05, 3.63) is 192 Å². The van der Waals surface area contributed by atoms with Crippen LogP contribution in [0.4, 0.5) is 0 Å². The van der Waals surface area contributed by atoms with Gasteiger partial charge in [-0.1, -0.05) is 170 Å². The summed E-state index contributed by atoms with van der Waals surface area (Å²) in [6.07, 6.45) is 0. The summed E-state index contributed by atoms with van der Waals surface area (Å²) in [6, 6.07) is 62.8. The molecule has 2 fully saturated rings. The molecule has 0 aliphatic carbocycles. The number of quaternary nitrogens is 4. The van der Waals surface area contributed by atoms with Crippen LogP contribution in [0, 0.1) is 0 Å². The highest BCUT2D eigenvalue weighted by molar-refractivity contribution is 5.87. The molecule has 6 heteroatoms. The van der Waals surface area contributed by atoms with Gasteiger partial charge in [-0.25, -0.2) is 0 Å². The lowest BCUT2D eigenvalue weighted by Gasteiger charge is -2.49. The predicted molar refractivity (Wildman–Crippen MR) is 273 cm³/mol. The summed E-state index contributed by atoms with van der Waals surface area (Å²) in [5, 5.41) is 11.2. The summed E-state index contributed by atoms with van der Waals surface area (Å²) >= 11 is 0. The van der Waals surface area contributed by atoms with Gasteiger partial charge in [0, 0.05) is 22.3 Å². The lowest BCUT2D eigenvalue weighted by molar-refractivity contribution is -1.04. The van der Waals surface area contributed by atoms with Crippen LogP contribution in [0.2, 0.25) is 0 Å². The maximum atomic E-state index is 2.39. The SMILES string of the molecule is CC[N+]1(Cc2cccc3ccccc23)CC[N+](CC)(Cc2cccc3ccccc23)CC1.CC[N+]1(Cc2cccc3ccccc23)CC[N+](CC)(Cc2cccc3ccccc23)CC1.[Cl-].[Cl-]. The third kappa shape index (κ3) is 10.4. The first-order valence-electron chi connectivity index (χ1n) is 24.6. The van der Waals surface area contributed by atoms with Crippen LogP contribution in [-0.4, -0.2) is 96.5 Å². The van der Waals surface area contributed by atoms with Gasteiger partial charge in [0.2, 0.25) is 0 Å². The fourth-order valence-electron chi connectivity index (χ4n) is 11.7. The van der Waals surface area contributed by atoms with Gasteiger partial charge in [0.25, 0.3) is 0 Å². The molecule has 0 bridgehead atoms. The Balaban J connectivity index is 0.000000191. The monoisotopic (exact) mass is 919 g/mol. The molecule has 2 aliphatic heterocycles. The number of piperazine rings is 2. The Morgan fingerprint density at radius 2 is 0.439 bits per heavy atom. The number of rotatable bonds is 12. The van der Waals surface area contributed by atoms with Crippen LogP contribution in [-0.2, 0) is 26.2 Å². The zero-order valence-electron chi connectivity index (χ0n) is 40.0. The Bertz CT molecular complexity index is 2430. The van der Waals surface area contributed by atoms with E-state index in [2.05, 4.69) is 198 Å². The largest absolute Gasteiger partial charge is 1.00 e. The third-order valence-corrected chi connectivity index (χ3v) is 16.4. The Labute approximate surface area is 408 Å². The molecule has 344 valence electrons. The number of likely N-dealkylation sites (N-methyl/N-ethyl adjacent to an activating group) is 4. The summed E-state index contributed by atoms with van der Waals surface area (Å²) in [4.78, 5) is 0. The van der Waals surface area contributed by atoms with E-state index in [9.17, 15) is 0 Å². The first-order valence-corrected chi connectivity index (χ1v) is 24.6. The Hall–Kier alpha value is -4.78. The molecule has 0 aromatic heterocycles. The molecule has 0 N–H and O–H groups in total. The van der Waals surface area contributed by atoms with Gasteiger partial charge in [-0.05, 0) is 70.8 Å². The maximum absolute atomic E-state index is 2.39. The molecule has 0 atom stereocenters. The standard InChI is InChI=1S/2C30H36N2.2ClH/c2*1-3-31(23-27-15-9-13-25-11-5-7-17-29(25)27)19-21-32(4-2,22-20-31)24-28-16-10-14-26-12-6-8-18-30(26)28;;/h2*5-18H,3-4,19-24H2,1-2H3;2*1H/q2*+2;;/p-2. The van der Waals surface area contributed by atoms with Gasteiger partial charge in [0.05, 0.1) is 26.2 Å². The topological polar surface area (TPSA) is 0 Å². The highest BCUT2D eigenvalue weighted by atomic mass is 35.5. The van der Waals surface area contributed by atoms with E-state index < -0.39 is 0 Å². The van der Waals surface area contributed by atoms with Gasteiger partial charge in [-0.15, -0.1) is 0 Å². The molecule has 8 aromatic rings. The summed E-state index contributed by atoms with van der Waals surface area (Å²) in [5.74, 6) is 0. The number of benzene rings is 8. The molecule has 8 aromatic carbocycles. The number of nitrogens with zero attached hydrogens (tertiary/aromatic N) is 4. The van der Waals surface area contributed by atoms with Crippen molar-refractivity contribution in [1.82, 2.24) is 0 Å². The lowest BCUT2D eigenvalue weighted by Crippen LogP contribution is -3.00. The van der Waals surface area contributed by atoms with Crippen LogP contribution in [0.15, 0.2) is 170 Å².